The second-order valence-corrected chi connectivity index (χ2v) is 6.84. The molecule has 0 unspecified atom stereocenters. The summed E-state index contributed by atoms with van der Waals surface area (Å²) in [6, 6.07) is 13.0. The number of halogens is 2. The van der Waals surface area contributed by atoms with E-state index in [0.717, 1.165) is 29.6 Å². The van der Waals surface area contributed by atoms with Crippen LogP contribution in [-0.4, -0.2) is 31.1 Å². The van der Waals surface area contributed by atoms with Crippen molar-refractivity contribution in [2.45, 2.75) is 18.9 Å². The fourth-order valence-electron chi connectivity index (χ4n) is 2.60. The molecule has 26 heavy (non-hydrogen) atoms. The lowest BCUT2D eigenvalue weighted by Crippen LogP contribution is -2.36. The molecular weight excluding hydrogens is 401 g/mol. The molecule has 0 aliphatic carbocycles. The summed E-state index contributed by atoms with van der Waals surface area (Å²) >= 11 is 3.41. The van der Waals surface area contributed by atoms with Gasteiger partial charge < -0.3 is 10.1 Å². The van der Waals surface area contributed by atoms with Crippen molar-refractivity contribution >= 4 is 33.5 Å². The Morgan fingerprint density at radius 2 is 2.12 bits per heavy atom. The molecule has 1 fully saturated rings. The van der Waals surface area contributed by atoms with Crippen LogP contribution >= 0.6 is 15.9 Å². The minimum Gasteiger partial charge on any atom is -0.376 e. The van der Waals surface area contributed by atoms with E-state index in [1.807, 2.05) is 24.3 Å². The molecule has 136 valence electrons. The van der Waals surface area contributed by atoms with E-state index in [4.69, 9.17) is 4.74 Å². The van der Waals surface area contributed by atoms with Gasteiger partial charge in [0.05, 0.1) is 12.6 Å². The minimum absolute atomic E-state index is 0.0559. The monoisotopic (exact) mass is 419 g/mol. The van der Waals surface area contributed by atoms with Crippen molar-refractivity contribution in [2.24, 2.45) is 4.99 Å². The SMILES string of the molecule is O=C(NC(=NC[C@H]1CCCO1)Nc1cccc(Br)c1)c1cccc(F)c1. The number of amides is 1. The van der Waals surface area contributed by atoms with Crippen LogP contribution in [0.5, 0.6) is 0 Å². The fraction of sp³-hybridized carbons (Fsp3) is 0.263. The van der Waals surface area contributed by atoms with Crippen molar-refractivity contribution in [3.05, 3.63) is 64.4 Å². The van der Waals surface area contributed by atoms with Crippen LogP contribution in [0.15, 0.2) is 58.0 Å². The predicted octanol–water partition coefficient (Wildman–Crippen LogP) is 3.97. The first-order chi connectivity index (χ1) is 12.6. The molecule has 0 spiro atoms. The van der Waals surface area contributed by atoms with Crippen LogP contribution in [0, 0.1) is 5.82 Å². The zero-order valence-electron chi connectivity index (χ0n) is 14.0. The molecular formula is C19H19BrFN3O2. The highest BCUT2D eigenvalue weighted by atomic mass is 79.9. The number of hydrogen-bond donors (Lipinski definition) is 2. The summed E-state index contributed by atoms with van der Waals surface area (Å²) in [5.74, 6) is -0.596. The molecule has 7 heteroatoms. The van der Waals surface area contributed by atoms with Crippen LogP contribution in [0.25, 0.3) is 0 Å². The van der Waals surface area contributed by atoms with E-state index in [1.54, 1.807) is 6.07 Å². The normalized spacial score (nSPS) is 17.2. The lowest BCUT2D eigenvalue weighted by Gasteiger charge is -2.13. The summed E-state index contributed by atoms with van der Waals surface area (Å²) in [5, 5.41) is 5.81. The number of nitrogens with zero attached hydrogens (tertiary/aromatic N) is 1. The summed E-state index contributed by atoms with van der Waals surface area (Å²) in [5.41, 5.74) is 0.996. The van der Waals surface area contributed by atoms with E-state index < -0.39 is 11.7 Å². The molecule has 1 amide bonds. The quantitative estimate of drug-likeness (QED) is 0.582. The van der Waals surface area contributed by atoms with Crippen molar-refractivity contribution in [3.63, 3.8) is 0 Å². The van der Waals surface area contributed by atoms with E-state index in [1.165, 1.54) is 18.2 Å². The summed E-state index contributed by atoms with van der Waals surface area (Å²) < 4.78 is 19.8. The highest BCUT2D eigenvalue weighted by Gasteiger charge is 2.16. The molecule has 1 atom stereocenters. The van der Waals surface area contributed by atoms with E-state index in [2.05, 4.69) is 31.6 Å². The van der Waals surface area contributed by atoms with Crippen LogP contribution in [0.4, 0.5) is 10.1 Å². The number of anilines is 1. The predicted molar refractivity (Wildman–Crippen MR) is 103 cm³/mol. The van der Waals surface area contributed by atoms with Gasteiger partial charge in [-0.25, -0.2) is 9.38 Å². The van der Waals surface area contributed by atoms with Crippen molar-refractivity contribution in [2.75, 3.05) is 18.5 Å². The smallest absolute Gasteiger partial charge is 0.258 e. The lowest BCUT2D eigenvalue weighted by atomic mass is 10.2. The molecule has 1 aliphatic heterocycles. The number of guanidine groups is 1. The molecule has 2 aromatic rings. The summed E-state index contributed by atoms with van der Waals surface area (Å²) in [6.07, 6.45) is 2.02. The highest BCUT2D eigenvalue weighted by molar-refractivity contribution is 9.10. The minimum atomic E-state index is -0.463. The summed E-state index contributed by atoms with van der Waals surface area (Å²) in [7, 11) is 0. The Labute approximate surface area is 159 Å². The molecule has 0 saturated carbocycles. The van der Waals surface area contributed by atoms with Crippen LogP contribution in [0.3, 0.4) is 0 Å². The highest BCUT2D eigenvalue weighted by Crippen LogP contribution is 2.16. The van der Waals surface area contributed by atoms with Gasteiger partial charge in [0, 0.05) is 22.3 Å². The standard InChI is InChI=1S/C19H19BrFN3O2/c20-14-5-2-7-16(11-14)23-19(22-12-17-8-3-9-26-17)24-18(25)13-4-1-6-15(21)10-13/h1-2,4-7,10-11,17H,3,8-9,12H2,(H2,22,23,24,25)/t17-/m1/s1. The van der Waals surface area contributed by atoms with Gasteiger partial charge in [-0.15, -0.1) is 0 Å². The second kappa shape index (κ2) is 8.91. The largest absolute Gasteiger partial charge is 0.376 e. The maximum absolute atomic E-state index is 13.4. The van der Waals surface area contributed by atoms with Gasteiger partial charge in [0.15, 0.2) is 0 Å². The van der Waals surface area contributed by atoms with Gasteiger partial charge in [-0.1, -0.05) is 28.1 Å². The van der Waals surface area contributed by atoms with Crippen molar-refractivity contribution in [3.8, 4) is 0 Å². The van der Waals surface area contributed by atoms with Gasteiger partial charge in [-0.3, -0.25) is 10.1 Å². The first-order valence-electron chi connectivity index (χ1n) is 8.36. The van der Waals surface area contributed by atoms with Crippen LogP contribution in [0.2, 0.25) is 0 Å². The zero-order valence-corrected chi connectivity index (χ0v) is 15.6. The Kier molecular flexibility index (Phi) is 6.35. The summed E-state index contributed by atoms with van der Waals surface area (Å²) in [4.78, 5) is 16.9. The van der Waals surface area contributed by atoms with Gasteiger partial charge in [-0.05, 0) is 49.2 Å². The molecule has 2 aromatic carbocycles. The third kappa shape index (κ3) is 5.37. The van der Waals surface area contributed by atoms with E-state index in [0.29, 0.717) is 12.5 Å². The maximum Gasteiger partial charge on any atom is 0.258 e. The molecule has 1 aliphatic rings. The number of ether oxygens (including phenoxy) is 1. The molecule has 0 radical (unpaired) electrons. The Bertz CT molecular complexity index is 807. The number of hydrogen-bond acceptors (Lipinski definition) is 3. The first kappa shape index (κ1) is 18.5. The van der Waals surface area contributed by atoms with E-state index >= 15 is 0 Å². The number of carbonyl (C=O) groups is 1. The average Bonchev–Trinajstić information content (AvgIpc) is 3.13. The molecule has 3 rings (SSSR count). The molecule has 0 aromatic heterocycles. The van der Waals surface area contributed by atoms with Crippen molar-refractivity contribution in [1.29, 1.82) is 0 Å². The van der Waals surface area contributed by atoms with E-state index in [-0.39, 0.29) is 11.7 Å². The number of nitrogens with one attached hydrogen (secondary N) is 2. The van der Waals surface area contributed by atoms with Crippen molar-refractivity contribution in [1.82, 2.24) is 5.32 Å². The third-order valence-corrected chi connectivity index (χ3v) is 4.38. The number of aliphatic imine (C=N–C) groups is 1. The van der Waals surface area contributed by atoms with E-state index in [9.17, 15) is 9.18 Å². The van der Waals surface area contributed by atoms with Gasteiger partial charge in [0.25, 0.3) is 5.91 Å². The fourth-order valence-corrected chi connectivity index (χ4v) is 3.00. The van der Waals surface area contributed by atoms with Gasteiger partial charge in [0.1, 0.15) is 5.82 Å². The number of rotatable bonds is 4. The Morgan fingerprint density at radius 1 is 1.27 bits per heavy atom. The summed E-state index contributed by atoms with van der Waals surface area (Å²) in [6.45, 7) is 1.18. The third-order valence-electron chi connectivity index (χ3n) is 3.88. The molecule has 1 saturated heterocycles. The zero-order chi connectivity index (χ0) is 18.4. The topological polar surface area (TPSA) is 62.7 Å². The lowest BCUT2D eigenvalue weighted by molar-refractivity contribution is 0.0975. The first-order valence-corrected chi connectivity index (χ1v) is 9.15. The van der Waals surface area contributed by atoms with Gasteiger partial charge in [-0.2, -0.15) is 0 Å². The Balaban J connectivity index is 1.75. The molecule has 5 nitrogen and oxygen atoms in total. The van der Waals surface area contributed by atoms with Crippen molar-refractivity contribution < 1.29 is 13.9 Å². The number of benzene rings is 2. The second-order valence-electron chi connectivity index (χ2n) is 5.92. The van der Waals surface area contributed by atoms with Gasteiger partial charge >= 0.3 is 0 Å². The molecule has 0 bridgehead atoms. The van der Waals surface area contributed by atoms with Crippen LogP contribution < -0.4 is 10.6 Å². The van der Waals surface area contributed by atoms with Crippen LogP contribution in [-0.2, 0) is 4.74 Å². The molecule has 1 heterocycles. The number of carbonyl (C=O) groups excluding carboxylic acids is 1. The van der Waals surface area contributed by atoms with Gasteiger partial charge in [0.2, 0.25) is 5.96 Å². The Hall–Kier alpha value is -2.25. The average molecular weight is 420 g/mol. The Morgan fingerprint density at radius 3 is 2.85 bits per heavy atom. The van der Waals surface area contributed by atoms with Crippen LogP contribution in [0.1, 0.15) is 23.2 Å². The molecule has 2 N–H and O–H groups in total. The maximum atomic E-state index is 13.4.